The van der Waals surface area contributed by atoms with Crippen LogP contribution in [0.25, 0.3) is 0 Å². The predicted molar refractivity (Wildman–Crippen MR) is 122 cm³/mol. The predicted octanol–water partition coefficient (Wildman–Crippen LogP) is 4.07. The van der Waals surface area contributed by atoms with Crippen LogP contribution in [0.4, 0.5) is 10.5 Å². The number of nitrogens with one attached hydrogen (secondary N) is 3. The molecule has 2 aromatic carbocycles. The second-order valence-corrected chi connectivity index (χ2v) is 7.99. The van der Waals surface area contributed by atoms with Crippen molar-refractivity contribution in [3.63, 3.8) is 0 Å². The molecule has 0 aliphatic rings. The van der Waals surface area contributed by atoms with Crippen LogP contribution < -0.4 is 16.0 Å². The molecular weight excluding hydrogens is 410 g/mol. The van der Waals surface area contributed by atoms with E-state index in [2.05, 4.69) is 25.9 Å². The molecule has 3 aromatic rings. The first-order valence-electron chi connectivity index (χ1n) is 9.93. The Hall–Kier alpha value is -3.39. The van der Waals surface area contributed by atoms with Crippen molar-refractivity contribution in [2.75, 3.05) is 11.9 Å². The van der Waals surface area contributed by atoms with Crippen LogP contribution in [0.1, 0.15) is 23.4 Å². The third kappa shape index (κ3) is 7.75. The fourth-order valence-corrected chi connectivity index (χ4v) is 3.67. The molecule has 0 unspecified atom stereocenters. The number of rotatable bonds is 8. The Kier molecular flexibility index (Phi) is 8.00. The van der Waals surface area contributed by atoms with Gasteiger partial charge in [-0.05, 0) is 61.5 Å². The molecule has 0 aliphatic heterocycles. The molecule has 0 aliphatic carbocycles. The summed E-state index contributed by atoms with van der Waals surface area (Å²) in [5.41, 5.74) is 3.58. The standard InChI is InChI=1S/C23H25N5O2S/c1-16-14-17(2)27-23(26-16)31-20-10-8-19(9-11-20)28-21(29)12-13-24-22(30)25-15-18-6-4-3-5-7-18/h3-11,14H,12-13,15H2,1-2H3,(H,28,29)(H2,24,25,30). The van der Waals surface area contributed by atoms with Gasteiger partial charge in [0.25, 0.3) is 0 Å². The van der Waals surface area contributed by atoms with Gasteiger partial charge in [0.05, 0.1) is 0 Å². The third-order valence-electron chi connectivity index (χ3n) is 4.24. The lowest BCUT2D eigenvalue weighted by molar-refractivity contribution is -0.116. The highest BCUT2D eigenvalue weighted by molar-refractivity contribution is 7.99. The number of urea groups is 1. The van der Waals surface area contributed by atoms with E-state index in [0.29, 0.717) is 17.4 Å². The maximum atomic E-state index is 12.1. The normalized spacial score (nSPS) is 10.4. The number of aryl methyl sites for hydroxylation is 2. The van der Waals surface area contributed by atoms with Crippen molar-refractivity contribution in [1.82, 2.24) is 20.6 Å². The zero-order chi connectivity index (χ0) is 22.1. The summed E-state index contributed by atoms with van der Waals surface area (Å²) in [7, 11) is 0. The van der Waals surface area contributed by atoms with Gasteiger partial charge in [0.15, 0.2) is 5.16 Å². The number of hydrogen-bond donors (Lipinski definition) is 3. The number of hydrogen-bond acceptors (Lipinski definition) is 5. The molecule has 3 amide bonds. The maximum Gasteiger partial charge on any atom is 0.315 e. The van der Waals surface area contributed by atoms with Crippen molar-refractivity contribution < 1.29 is 9.59 Å². The van der Waals surface area contributed by atoms with Crippen molar-refractivity contribution in [3.05, 3.63) is 77.6 Å². The average molecular weight is 436 g/mol. The first-order valence-corrected chi connectivity index (χ1v) is 10.8. The summed E-state index contributed by atoms with van der Waals surface area (Å²) in [5, 5.41) is 8.98. The van der Waals surface area contributed by atoms with Crippen molar-refractivity contribution in [1.29, 1.82) is 0 Å². The lowest BCUT2D eigenvalue weighted by Crippen LogP contribution is -2.36. The summed E-state index contributed by atoms with van der Waals surface area (Å²) in [4.78, 5) is 33.8. The number of aromatic nitrogens is 2. The summed E-state index contributed by atoms with van der Waals surface area (Å²) < 4.78 is 0. The Morgan fingerprint density at radius 1 is 0.903 bits per heavy atom. The van der Waals surface area contributed by atoms with Crippen LogP contribution in [0.2, 0.25) is 0 Å². The molecule has 31 heavy (non-hydrogen) atoms. The minimum Gasteiger partial charge on any atom is -0.338 e. The van der Waals surface area contributed by atoms with Crippen LogP contribution in [0.5, 0.6) is 0 Å². The highest BCUT2D eigenvalue weighted by Crippen LogP contribution is 2.26. The van der Waals surface area contributed by atoms with Gasteiger partial charge in [0, 0.05) is 41.5 Å². The van der Waals surface area contributed by atoms with Crippen LogP contribution >= 0.6 is 11.8 Å². The molecule has 3 N–H and O–H groups in total. The van der Waals surface area contributed by atoms with E-state index in [4.69, 9.17) is 0 Å². The SMILES string of the molecule is Cc1cc(C)nc(Sc2ccc(NC(=O)CCNC(=O)NCc3ccccc3)cc2)n1. The van der Waals surface area contributed by atoms with Gasteiger partial charge in [-0.15, -0.1) is 0 Å². The highest BCUT2D eigenvalue weighted by atomic mass is 32.2. The Morgan fingerprint density at radius 3 is 2.26 bits per heavy atom. The summed E-state index contributed by atoms with van der Waals surface area (Å²) >= 11 is 1.47. The first kappa shape index (κ1) is 22.3. The van der Waals surface area contributed by atoms with Gasteiger partial charge in [-0.25, -0.2) is 14.8 Å². The van der Waals surface area contributed by atoms with E-state index in [1.54, 1.807) is 0 Å². The van der Waals surface area contributed by atoms with Crippen molar-refractivity contribution in [2.24, 2.45) is 0 Å². The molecule has 0 spiro atoms. The van der Waals surface area contributed by atoms with E-state index < -0.39 is 0 Å². The van der Waals surface area contributed by atoms with Gasteiger partial charge >= 0.3 is 6.03 Å². The molecule has 0 saturated heterocycles. The molecule has 0 atom stereocenters. The minimum atomic E-state index is -0.299. The number of amides is 3. The van der Waals surface area contributed by atoms with Crippen molar-refractivity contribution in [2.45, 2.75) is 36.9 Å². The molecule has 8 heteroatoms. The van der Waals surface area contributed by atoms with Crippen LogP contribution in [0.3, 0.4) is 0 Å². The first-order chi connectivity index (χ1) is 15.0. The molecule has 1 heterocycles. The average Bonchev–Trinajstić information content (AvgIpc) is 2.74. The van der Waals surface area contributed by atoms with Crippen molar-refractivity contribution in [3.8, 4) is 0 Å². The number of carbonyl (C=O) groups is 2. The zero-order valence-corrected chi connectivity index (χ0v) is 18.3. The van der Waals surface area contributed by atoms with Crippen LogP contribution in [-0.4, -0.2) is 28.5 Å². The molecular formula is C23H25N5O2S. The molecule has 7 nitrogen and oxygen atoms in total. The number of carbonyl (C=O) groups excluding carboxylic acids is 2. The smallest absolute Gasteiger partial charge is 0.315 e. The van der Waals surface area contributed by atoms with Crippen LogP contribution in [-0.2, 0) is 11.3 Å². The van der Waals surface area contributed by atoms with E-state index in [9.17, 15) is 9.59 Å². The topological polar surface area (TPSA) is 96.0 Å². The van der Waals surface area contributed by atoms with Crippen LogP contribution in [0, 0.1) is 13.8 Å². The van der Waals surface area contributed by atoms with E-state index in [0.717, 1.165) is 21.8 Å². The molecule has 0 saturated carbocycles. The zero-order valence-electron chi connectivity index (χ0n) is 17.5. The summed E-state index contributed by atoms with van der Waals surface area (Å²) in [6.07, 6.45) is 0.186. The molecule has 0 fully saturated rings. The fraction of sp³-hybridized carbons (Fsp3) is 0.217. The summed E-state index contributed by atoms with van der Waals surface area (Å²) in [5.74, 6) is -0.165. The van der Waals surface area contributed by atoms with E-state index in [1.807, 2.05) is 74.5 Å². The van der Waals surface area contributed by atoms with Crippen molar-refractivity contribution >= 4 is 29.4 Å². The molecule has 160 valence electrons. The number of benzene rings is 2. The summed E-state index contributed by atoms with van der Waals surface area (Å²) in [6, 6.07) is 18.8. The third-order valence-corrected chi connectivity index (χ3v) is 5.12. The van der Waals surface area contributed by atoms with Gasteiger partial charge in [-0.1, -0.05) is 30.3 Å². The number of nitrogens with zero attached hydrogens (tertiary/aromatic N) is 2. The fourth-order valence-electron chi connectivity index (χ4n) is 2.80. The molecule has 0 radical (unpaired) electrons. The second kappa shape index (κ2) is 11.1. The molecule has 1 aromatic heterocycles. The lowest BCUT2D eigenvalue weighted by Gasteiger charge is -2.09. The Labute approximate surface area is 186 Å². The molecule has 3 rings (SSSR count). The second-order valence-electron chi connectivity index (χ2n) is 6.95. The Morgan fingerprint density at radius 2 is 1.58 bits per heavy atom. The minimum absolute atomic E-state index is 0.165. The highest BCUT2D eigenvalue weighted by Gasteiger charge is 2.06. The van der Waals surface area contributed by atoms with Gasteiger partial charge < -0.3 is 16.0 Å². The largest absolute Gasteiger partial charge is 0.338 e. The van der Waals surface area contributed by atoms with E-state index in [-0.39, 0.29) is 24.9 Å². The van der Waals surface area contributed by atoms with Gasteiger partial charge in [-0.2, -0.15) is 0 Å². The quantitative estimate of drug-likeness (QED) is 0.464. The maximum absolute atomic E-state index is 12.1. The van der Waals surface area contributed by atoms with E-state index >= 15 is 0 Å². The molecule has 0 bridgehead atoms. The Balaban J connectivity index is 1.38. The summed E-state index contributed by atoms with van der Waals surface area (Å²) in [6.45, 7) is 4.58. The van der Waals surface area contributed by atoms with Gasteiger partial charge in [0.2, 0.25) is 5.91 Å². The number of anilines is 1. The van der Waals surface area contributed by atoms with Gasteiger partial charge in [-0.3, -0.25) is 4.79 Å². The van der Waals surface area contributed by atoms with Crippen LogP contribution in [0.15, 0.2) is 70.7 Å². The lowest BCUT2D eigenvalue weighted by atomic mass is 10.2. The Bertz CT molecular complexity index is 1010. The van der Waals surface area contributed by atoms with Gasteiger partial charge in [0.1, 0.15) is 0 Å². The van der Waals surface area contributed by atoms with E-state index in [1.165, 1.54) is 11.8 Å². The monoisotopic (exact) mass is 435 g/mol.